The summed E-state index contributed by atoms with van der Waals surface area (Å²) in [7, 11) is 3.20. The van der Waals surface area contributed by atoms with Gasteiger partial charge in [-0.3, -0.25) is 10.2 Å². The number of hydrogen-bond acceptors (Lipinski definition) is 7. The fourth-order valence-corrected chi connectivity index (χ4v) is 3.30. The molecule has 2 aromatic rings. The molecular formula is C25H30N4O3. The summed E-state index contributed by atoms with van der Waals surface area (Å²) >= 11 is 0. The quantitative estimate of drug-likeness (QED) is 0.211. The van der Waals surface area contributed by atoms with Crippen molar-refractivity contribution in [3.05, 3.63) is 82.8 Å². The molecule has 0 amide bonds. The van der Waals surface area contributed by atoms with Gasteiger partial charge in [0.25, 0.3) is 0 Å². The summed E-state index contributed by atoms with van der Waals surface area (Å²) in [4.78, 5) is 13.6. The van der Waals surface area contributed by atoms with E-state index in [0.717, 1.165) is 5.56 Å². The van der Waals surface area contributed by atoms with Gasteiger partial charge in [0, 0.05) is 41.9 Å². The highest BCUT2D eigenvalue weighted by molar-refractivity contribution is 6.49. The van der Waals surface area contributed by atoms with Gasteiger partial charge in [-0.15, -0.1) is 0 Å². The first kappa shape index (κ1) is 24.4. The van der Waals surface area contributed by atoms with Gasteiger partial charge in [0.1, 0.15) is 17.5 Å². The first-order valence-electron chi connectivity index (χ1n) is 10.1. The maximum atomic E-state index is 13.6. The van der Waals surface area contributed by atoms with Gasteiger partial charge in [-0.05, 0) is 38.5 Å². The van der Waals surface area contributed by atoms with Crippen LogP contribution in [-0.4, -0.2) is 36.5 Å². The van der Waals surface area contributed by atoms with Crippen LogP contribution in [-0.2, 0) is 4.79 Å². The van der Waals surface area contributed by atoms with E-state index in [9.17, 15) is 9.90 Å². The van der Waals surface area contributed by atoms with Crippen LogP contribution in [0.4, 0.5) is 5.69 Å². The highest BCUT2D eigenvalue weighted by Crippen LogP contribution is 2.27. The number of benzene rings is 2. The third-order valence-corrected chi connectivity index (χ3v) is 4.86. The molecule has 32 heavy (non-hydrogen) atoms. The molecule has 0 aliphatic heterocycles. The highest BCUT2D eigenvalue weighted by atomic mass is 16.5. The summed E-state index contributed by atoms with van der Waals surface area (Å²) in [6, 6.07) is 13.8. The van der Waals surface area contributed by atoms with Crippen molar-refractivity contribution in [2.75, 3.05) is 19.5 Å². The van der Waals surface area contributed by atoms with E-state index < -0.39 is 11.8 Å². The normalized spacial score (nSPS) is 13.0. The smallest absolute Gasteiger partial charge is 0.207 e. The topological polar surface area (TPSA) is 118 Å². The third kappa shape index (κ3) is 5.85. The van der Waals surface area contributed by atoms with Crippen LogP contribution in [0.2, 0.25) is 0 Å². The van der Waals surface area contributed by atoms with Crippen molar-refractivity contribution in [3.8, 4) is 5.75 Å². The molecule has 0 saturated carbocycles. The lowest BCUT2D eigenvalue weighted by Gasteiger charge is -2.22. The van der Waals surface area contributed by atoms with Crippen LogP contribution in [0, 0.1) is 17.7 Å². The zero-order valence-corrected chi connectivity index (χ0v) is 19.0. The van der Waals surface area contributed by atoms with Crippen LogP contribution < -0.4 is 15.4 Å². The summed E-state index contributed by atoms with van der Waals surface area (Å²) in [6.07, 6.45) is 1.45. The number of nitrogens with one attached hydrogen (secondary N) is 4. The Bertz CT molecular complexity index is 1060. The molecule has 7 nitrogen and oxygen atoms in total. The van der Waals surface area contributed by atoms with Crippen LogP contribution in [0.3, 0.4) is 0 Å². The van der Waals surface area contributed by atoms with Crippen LogP contribution >= 0.6 is 0 Å². The number of rotatable bonds is 10. The van der Waals surface area contributed by atoms with Gasteiger partial charge in [-0.25, -0.2) is 0 Å². The molecule has 7 heteroatoms. The van der Waals surface area contributed by atoms with Crippen molar-refractivity contribution in [1.82, 2.24) is 5.32 Å². The summed E-state index contributed by atoms with van der Waals surface area (Å²) < 4.78 is 5.28. The van der Waals surface area contributed by atoms with Crippen LogP contribution in [0.15, 0.2) is 71.6 Å². The molecule has 168 valence electrons. The average molecular weight is 435 g/mol. The molecule has 0 radical (unpaired) electrons. The minimum atomic E-state index is -0.859. The molecule has 1 unspecified atom stereocenters. The minimum Gasteiger partial charge on any atom is -0.512 e. The van der Waals surface area contributed by atoms with Gasteiger partial charge in [-0.2, -0.15) is 0 Å². The van der Waals surface area contributed by atoms with Gasteiger partial charge in [0.15, 0.2) is 0 Å². The zero-order valence-electron chi connectivity index (χ0n) is 19.0. The fourth-order valence-electron chi connectivity index (χ4n) is 3.30. The molecule has 0 bridgehead atoms. The molecule has 0 heterocycles. The van der Waals surface area contributed by atoms with E-state index in [-0.39, 0.29) is 28.3 Å². The SMILES string of the molecule is CN/C=C(C(=N)C(=O)C(Nc1cccc(OC)c1)c1ccc(C)cc1)/C(C(C)=N)=C(\C)O. The van der Waals surface area contributed by atoms with E-state index >= 15 is 0 Å². The van der Waals surface area contributed by atoms with Crippen molar-refractivity contribution in [1.29, 1.82) is 10.8 Å². The molecule has 0 fully saturated rings. The Balaban J connectivity index is 2.53. The molecule has 0 spiro atoms. The number of Topliss-reactive ketones (excluding diaryl/α,β-unsaturated/α-hetero) is 1. The van der Waals surface area contributed by atoms with Gasteiger partial charge < -0.3 is 25.9 Å². The Labute approximate surface area is 188 Å². The van der Waals surface area contributed by atoms with Crippen molar-refractivity contribution < 1.29 is 14.6 Å². The van der Waals surface area contributed by atoms with E-state index in [2.05, 4.69) is 10.6 Å². The number of anilines is 1. The number of carbonyl (C=O) groups is 1. The average Bonchev–Trinajstić information content (AvgIpc) is 2.76. The van der Waals surface area contributed by atoms with Crippen molar-refractivity contribution in [3.63, 3.8) is 0 Å². The predicted octanol–water partition coefficient (Wildman–Crippen LogP) is 4.72. The Morgan fingerprint density at radius 1 is 1.12 bits per heavy atom. The van der Waals surface area contributed by atoms with Gasteiger partial charge >= 0.3 is 0 Å². The first-order valence-corrected chi connectivity index (χ1v) is 10.1. The number of ketones is 1. The lowest BCUT2D eigenvalue weighted by molar-refractivity contribution is -0.113. The minimum absolute atomic E-state index is 0.0525. The second-order valence-corrected chi connectivity index (χ2v) is 7.39. The Kier molecular flexibility index (Phi) is 8.35. The second kappa shape index (κ2) is 10.9. The Morgan fingerprint density at radius 3 is 2.31 bits per heavy atom. The number of aryl methyl sites for hydroxylation is 1. The van der Waals surface area contributed by atoms with E-state index in [0.29, 0.717) is 17.0 Å². The number of methoxy groups -OCH3 is 1. The number of aliphatic hydroxyl groups excluding tert-OH is 1. The maximum absolute atomic E-state index is 13.6. The molecule has 2 aromatic carbocycles. The number of hydrogen-bond donors (Lipinski definition) is 5. The fraction of sp³-hybridized carbons (Fsp3) is 0.240. The highest BCUT2D eigenvalue weighted by Gasteiger charge is 2.29. The number of ether oxygens (including phenoxy) is 1. The van der Waals surface area contributed by atoms with Gasteiger partial charge in [-0.1, -0.05) is 35.9 Å². The van der Waals surface area contributed by atoms with Crippen molar-refractivity contribution in [2.45, 2.75) is 26.8 Å². The van der Waals surface area contributed by atoms with Crippen LogP contribution in [0.25, 0.3) is 0 Å². The van der Waals surface area contributed by atoms with Crippen LogP contribution in [0.1, 0.15) is 31.0 Å². The van der Waals surface area contributed by atoms with E-state index in [1.807, 2.05) is 43.3 Å². The Hall–Kier alpha value is -3.87. The van der Waals surface area contributed by atoms with E-state index in [1.165, 1.54) is 20.0 Å². The summed E-state index contributed by atoms with van der Waals surface area (Å²) in [5.74, 6) is -0.00105. The monoisotopic (exact) mass is 434 g/mol. The van der Waals surface area contributed by atoms with Crippen molar-refractivity contribution in [2.24, 2.45) is 0 Å². The van der Waals surface area contributed by atoms with Crippen molar-refractivity contribution >= 4 is 22.9 Å². The molecule has 1 atom stereocenters. The molecule has 0 aliphatic carbocycles. The van der Waals surface area contributed by atoms with Gasteiger partial charge in [0.2, 0.25) is 5.78 Å². The zero-order chi connectivity index (χ0) is 23.8. The molecule has 0 aliphatic rings. The standard InChI is InChI=1S/C25H30N4O3/c1-15-9-11-18(12-10-15)24(29-19-7-6-8-20(13-19)32-5)25(31)23(27)21(14-28-4)22(16(2)26)17(3)30/h6-14,24,26-30H,1-5H3/b21-14-,22-17+,26-16?,27-23?. The summed E-state index contributed by atoms with van der Waals surface area (Å²) in [6.45, 7) is 4.89. The molecular weight excluding hydrogens is 404 g/mol. The number of carbonyl (C=O) groups excluding carboxylic acids is 1. The number of aliphatic hydroxyl groups is 1. The lowest BCUT2D eigenvalue weighted by Crippen LogP contribution is -2.30. The predicted molar refractivity (Wildman–Crippen MR) is 129 cm³/mol. The molecule has 0 saturated heterocycles. The van der Waals surface area contributed by atoms with E-state index in [1.54, 1.807) is 26.3 Å². The lowest BCUT2D eigenvalue weighted by atomic mass is 9.90. The molecule has 5 N–H and O–H groups in total. The third-order valence-electron chi connectivity index (χ3n) is 4.86. The van der Waals surface area contributed by atoms with E-state index in [4.69, 9.17) is 15.6 Å². The second-order valence-electron chi connectivity index (χ2n) is 7.39. The molecule has 0 aromatic heterocycles. The summed E-state index contributed by atoms with van der Waals surface area (Å²) in [5, 5.41) is 32.8. The first-order chi connectivity index (χ1) is 15.2. The summed E-state index contributed by atoms with van der Waals surface area (Å²) in [5.41, 5.74) is 2.42. The largest absolute Gasteiger partial charge is 0.512 e. The maximum Gasteiger partial charge on any atom is 0.207 e. The van der Waals surface area contributed by atoms with Gasteiger partial charge in [0.05, 0.1) is 12.9 Å². The van der Waals surface area contributed by atoms with Crippen LogP contribution in [0.5, 0.6) is 5.75 Å². The number of allylic oxidation sites excluding steroid dienone is 3. The molecule has 2 rings (SSSR count). The Morgan fingerprint density at radius 2 is 1.78 bits per heavy atom.